The van der Waals surface area contributed by atoms with Gasteiger partial charge in [-0.15, -0.1) is 11.8 Å². The third-order valence-electron chi connectivity index (χ3n) is 3.53. The quantitative estimate of drug-likeness (QED) is 0.841. The molecule has 0 aliphatic carbocycles. The topological polar surface area (TPSA) is 70.1 Å². The number of nitrogens with zero attached hydrogens (tertiary/aromatic N) is 2. The van der Waals surface area contributed by atoms with Crippen molar-refractivity contribution in [1.82, 2.24) is 9.80 Å². The van der Waals surface area contributed by atoms with E-state index in [9.17, 15) is 9.59 Å². The van der Waals surface area contributed by atoms with E-state index in [1.807, 2.05) is 6.92 Å². The van der Waals surface area contributed by atoms with Crippen LogP contribution in [0.15, 0.2) is 0 Å². The number of hydrogen-bond donors (Lipinski definition) is 1. The number of carbonyl (C=O) groups excluding carboxylic acids is 1. The van der Waals surface area contributed by atoms with Gasteiger partial charge in [-0.25, -0.2) is 9.59 Å². The molecule has 2 heterocycles. The second kappa shape index (κ2) is 6.47. The molecule has 1 atom stereocenters. The van der Waals surface area contributed by atoms with Crippen molar-refractivity contribution < 1.29 is 19.4 Å². The molecule has 0 unspecified atom stereocenters. The molecule has 0 bridgehead atoms. The van der Waals surface area contributed by atoms with Crippen LogP contribution >= 0.6 is 11.8 Å². The fourth-order valence-electron chi connectivity index (χ4n) is 2.47. The molecular formula is C12H20N2O4S. The first-order valence-corrected chi connectivity index (χ1v) is 7.76. The molecule has 6 nitrogen and oxygen atoms in total. The Labute approximate surface area is 117 Å². The first-order chi connectivity index (χ1) is 9.13. The molecule has 0 aromatic carbocycles. The molecule has 2 saturated heterocycles. The summed E-state index contributed by atoms with van der Waals surface area (Å²) in [5.41, 5.74) is 0. The lowest BCUT2D eigenvalue weighted by Crippen LogP contribution is -2.51. The van der Waals surface area contributed by atoms with E-state index < -0.39 is 12.0 Å². The number of thioether (sulfide) groups is 1. The van der Waals surface area contributed by atoms with Crippen molar-refractivity contribution in [2.45, 2.75) is 31.9 Å². The van der Waals surface area contributed by atoms with E-state index >= 15 is 0 Å². The highest BCUT2D eigenvalue weighted by molar-refractivity contribution is 7.99. The Morgan fingerprint density at radius 2 is 2.05 bits per heavy atom. The summed E-state index contributed by atoms with van der Waals surface area (Å²) < 4.78 is 5.55. The van der Waals surface area contributed by atoms with E-state index in [2.05, 4.69) is 0 Å². The molecule has 0 spiro atoms. The van der Waals surface area contributed by atoms with Crippen molar-refractivity contribution in [2.75, 3.05) is 31.3 Å². The van der Waals surface area contributed by atoms with Gasteiger partial charge in [0.15, 0.2) is 0 Å². The summed E-state index contributed by atoms with van der Waals surface area (Å²) in [6, 6.07) is -0.825. The van der Waals surface area contributed by atoms with Crippen LogP contribution in [0.1, 0.15) is 19.8 Å². The number of carbonyl (C=O) groups is 2. The zero-order chi connectivity index (χ0) is 13.8. The summed E-state index contributed by atoms with van der Waals surface area (Å²) in [5, 5.41) is 9.10. The lowest BCUT2D eigenvalue weighted by molar-refractivity contribution is -0.141. The Bertz CT molecular complexity index is 345. The molecule has 108 valence electrons. The predicted molar refractivity (Wildman–Crippen MR) is 72.2 cm³/mol. The summed E-state index contributed by atoms with van der Waals surface area (Å²) in [5.74, 6) is 0.0417. The summed E-state index contributed by atoms with van der Waals surface area (Å²) >= 11 is 1.49. The number of hydrogen-bond acceptors (Lipinski definition) is 4. The second-order valence-electron chi connectivity index (χ2n) is 4.75. The molecule has 1 N–H and O–H groups in total. The van der Waals surface area contributed by atoms with Crippen LogP contribution in [0.3, 0.4) is 0 Å². The van der Waals surface area contributed by atoms with Crippen LogP contribution in [-0.4, -0.2) is 70.4 Å². The smallest absolute Gasteiger partial charge is 0.327 e. The largest absolute Gasteiger partial charge is 0.480 e. The maximum Gasteiger partial charge on any atom is 0.327 e. The second-order valence-corrected chi connectivity index (χ2v) is 5.75. The minimum absolute atomic E-state index is 0.146. The molecular weight excluding hydrogens is 268 g/mol. The normalized spacial score (nSPS) is 24.8. The van der Waals surface area contributed by atoms with Crippen LogP contribution in [0.2, 0.25) is 0 Å². The SMILES string of the molecule is CCOC1CCN(C(=O)N2CSC[C@H]2C(=O)O)CC1. The minimum atomic E-state index is -0.914. The fourth-order valence-corrected chi connectivity index (χ4v) is 3.61. The molecule has 0 aromatic rings. The molecule has 2 rings (SSSR count). The number of urea groups is 1. The van der Waals surface area contributed by atoms with Crippen molar-refractivity contribution in [3.8, 4) is 0 Å². The third-order valence-corrected chi connectivity index (χ3v) is 4.54. The third kappa shape index (κ3) is 3.33. The van der Waals surface area contributed by atoms with Gasteiger partial charge in [-0.05, 0) is 19.8 Å². The summed E-state index contributed by atoms with van der Waals surface area (Å²) in [4.78, 5) is 26.6. The van der Waals surface area contributed by atoms with Gasteiger partial charge >= 0.3 is 12.0 Å². The summed E-state index contributed by atoms with van der Waals surface area (Å²) in [7, 11) is 0. The van der Waals surface area contributed by atoms with Crippen molar-refractivity contribution in [2.24, 2.45) is 0 Å². The Morgan fingerprint density at radius 3 is 2.63 bits per heavy atom. The van der Waals surface area contributed by atoms with Gasteiger partial charge in [-0.3, -0.25) is 0 Å². The van der Waals surface area contributed by atoms with Crippen LogP contribution in [0.25, 0.3) is 0 Å². The van der Waals surface area contributed by atoms with Crippen LogP contribution in [0, 0.1) is 0 Å². The molecule has 0 aromatic heterocycles. The van der Waals surface area contributed by atoms with Gasteiger partial charge < -0.3 is 19.6 Å². The number of carboxylic acid groups (broad SMARTS) is 1. The Kier molecular flexibility index (Phi) is 4.93. The van der Waals surface area contributed by atoms with Gasteiger partial charge in [0.05, 0.1) is 12.0 Å². The Hall–Kier alpha value is -0.950. The molecule has 2 aliphatic heterocycles. The monoisotopic (exact) mass is 288 g/mol. The first kappa shape index (κ1) is 14.5. The van der Waals surface area contributed by atoms with Crippen LogP contribution in [0.4, 0.5) is 4.79 Å². The van der Waals surface area contributed by atoms with Crippen molar-refractivity contribution in [3.63, 3.8) is 0 Å². The number of piperidine rings is 1. The van der Waals surface area contributed by atoms with E-state index in [1.165, 1.54) is 16.7 Å². The lowest BCUT2D eigenvalue weighted by atomic mass is 10.1. The van der Waals surface area contributed by atoms with Gasteiger partial charge in [0.1, 0.15) is 6.04 Å². The minimum Gasteiger partial charge on any atom is -0.480 e. The maximum absolute atomic E-state index is 12.3. The van der Waals surface area contributed by atoms with Gasteiger partial charge in [0.2, 0.25) is 0 Å². The Morgan fingerprint density at radius 1 is 1.37 bits per heavy atom. The van der Waals surface area contributed by atoms with E-state index in [1.54, 1.807) is 4.90 Å². The van der Waals surface area contributed by atoms with Gasteiger partial charge in [0, 0.05) is 25.4 Å². The van der Waals surface area contributed by atoms with Crippen molar-refractivity contribution >= 4 is 23.8 Å². The number of aliphatic carboxylic acids is 1. The average Bonchev–Trinajstić information content (AvgIpc) is 2.88. The molecule has 0 saturated carbocycles. The molecule has 2 amide bonds. The number of ether oxygens (including phenoxy) is 1. The first-order valence-electron chi connectivity index (χ1n) is 6.61. The van der Waals surface area contributed by atoms with E-state index in [0.717, 1.165) is 12.8 Å². The fraction of sp³-hybridized carbons (Fsp3) is 0.833. The highest BCUT2D eigenvalue weighted by atomic mass is 32.2. The maximum atomic E-state index is 12.3. The van der Waals surface area contributed by atoms with Gasteiger partial charge in [0.25, 0.3) is 0 Å². The highest BCUT2D eigenvalue weighted by Gasteiger charge is 2.37. The average molecular weight is 288 g/mol. The molecule has 2 aliphatic rings. The van der Waals surface area contributed by atoms with E-state index in [0.29, 0.717) is 31.3 Å². The van der Waals surface area contributed by atoms with Crippen molar-refractivity contribution in [3.05, 3.63) is 0 Å². The summed E-state index contributed by atoms with van der Waals surface area (Å²) in [6.07, 6.45) is 1.90. The van der Waals surface area contributed by atoms with Gasteiger partial charge in [-0.1, -0.05) is 0 Å². The van der Waals surface area contributed by atoms with Crippen LogP contribution in [0.5, 0.6) is 0 Å². The lowest BCUT2D eigenvalue weighted by Gasteiger charge is -2.35. The molecule has 0 radical (unpaired) electrons. The van der Waals surface area contributed by atoms with E-state index in [4.69, 9.17) is 9.84 Å². The number of amides is 2. The summed E-state index contributed by atoms with van der Waals surface area (Å²) in [6.45, 7) is 3.97. The van der Waals surface area contributed by atoms with Gasteiger partial charge in [-0.2, -0.15) is 0 Å². The molecule has 7 heteroatoms. The number of likely N-dealkylation sites (tertiary alicyclic amines) is 1. The standard InChI is InChI=1S/C12H20N2O4S/c1-2-18-9-3-5-13(6-4-9)12(17)14-8-19-7-10(14)11(15)16/h9-10H,2-8H2,1H3,(H,15,16)/t10-/m0/s1. The van der Waals surface area contributed by atoms with Crippen LogP contribution < -0.4 is 0 Å². The highest BCUT2D eigenvalue weighted by Crippen LogP contribution is 2.24. The van der Waals surface area contributed by atoms with Crippen LogP contribution in [-0.2, 0) is 9.53 Å². The zero-order valence-corrected chi connectivity index (χ0v) is 11.9. The zero-order valence-electron chi connectivity index (χ0n) is 11.1. The number of carboxylic acids is 1. The van der Waals surface area contributed by atoms with E-state index in [-0.39, 0.29) is 12.1 Å². The predicted octanol–water partition coefficient (Wildman–Crippen LogP) is 1.07. The molecule has 19 heavy (non-hydrogen) atoms. The number of rotatable bonds is 3. The Balaban J connectivity index is 1.89. The van der Waals surface area contributed by atoms with Crippen molar-refractivity contribution in [1.29, 1.82) is 0 Å². The molecule has 2 fully saturated rings.